The molecular weight excluding hydrogens is 277 g/mol. The number of hydrogen-bond acceptors (Lipinski definition) is 4. The molecule has 2 rings (SSSR count). The summed E-state index contributed by atoms with van der Waals surface area (Å²) in [4.78, 5) is 4.55. The summed E-state index contributed by atoms with van der Waals surface area (Å²) >= 11 is 1.77. The van der Waals surface area contributed by atoms with Crippen molar-refractivity contribution in [3.8, 4) is 0 Å². The molecule has 0 radical (unpaired) electrons. The Balaban J connectivity index is 0.00000128. The molecule has 1 unspecified atom stereocenters. The van der Waals surface area contributed by atoms with Crippen LogP contribution in [0.1, 0.15) is 30.5 Å². The molecule has 3 nitrogen and oxygen atoms in total. The van der Waals surface area contributed by atoms with Crippen molar-refractivity contribution >= 4 is 36.2 Å². The first kappa shape index (κ1) is 17.1. The molecule has 1 atom stereocenters. The third-order valence-corrected chi connectivity index (χ3v) is 3.70. The molecule has 1 aromatic rings. The number of hydrogen-bond donors (Lipinski definition) is 2. The quantitative estimate of drug-likeness (QED) is 0.896. The largest absolute Gasteiger partial charge is 0.315 e. The van der Waals surface area contributed by atoms with E-state index in [1.807, 2.05) is 0 Å². The SMILES string of the molecule is CCc1csc(CNC2CCCNC2)n1.Cl.Cl. The molecule has 0 amide bonds. The average molecular weight is 298 g/mol. The third kappa shape index (κ3) is 5.53. The van der Waals surface area contributed by atoms with Crippen LogP contribution < -0.4 is 10.6 Å². The van der Waals surface area contributed by atoms with Gasteiger partial charge in [-0.1, -0.05) is 6.92 Å². The van der Waals surface area contributed by atoms with Gasteiger partial charge in [-0.3, -0.25) is 0 Å². The Morgan fingerprint density at radius 1 is 1.53 bits per heavy atom. The van der Waals surface area contributed by atoms with Crippen molar-refractivity contribution in [2.75, 3.05) is 13.1 Å². The minimum atomic E-state index is 0. The predicted octanol–water partition coefficient (Wildman–Crippen LogP) is 2.39. The molecule has 0 bridgehead atoms. The molecule has 2 heterocycles. The summed E-state index contributed by atoms with van der Waals surface area (Å²) in [5.74, 6) is 0. The maximum atomic E-state index is 4.55. The van der Waals surface area contributed by atoms with Crippen LogP contribution in [0.15, 0.2) is 5.38 Å². The van der Waals surface area contributed by atoms with Crippen LogP contribution in [0.5, 0.6) is 0 Å². The lowest BCUT2D eigenvalue weighted by Crippen LogP contribution is -2.42. The number of thiazole rings is 1. The van der Waals surface area contributed by atoms with Crippen LogP contribution in [0.2, 0.25) is 0 Å². The lowest BCUT2D eigenvalue weighted by molar-refractivity contribution is 0.389. The van der Waals surface area contributed by atoms with E-state index in [0.29, 0.717) is 6.04 Å². The highest BCUT2D eigenvalue weighted by Crippen LogP contribution is 2.10. The second-order valence-electron chi connectivity index (χ2n) is 4.01. The van der Waals surface area contributed by atoms with Crippen molar-refractivity contribution in [3.63, 3.8) is 0 Å². The molecule has 0 saturated carbocycles. The summed E-state index contributed by atoms with van der Waals surface area (Å²) in [5.41, 5.74) is 1.22. The Morgan fingerprint density at radius 3 is 2.94 bits per heavy atom. The first-order chi connectivity index (χ1) is 7.38. The van der Waals surface area contributed by atoms with Gasteiger partial charge < -0.3 is 10.6 Å². The van der Waals surface area contributed by atoms with Crippen LogP contribution in [0.4, 0.5) is 0 Å². The fourth-order valence-electron chi connectivity index (χ4n) is 1.85. The molecule has 1 saturated heterocycles. The number of rotatable bonds is 4. The van der Waals surface area contributed by atoms with Crippen LogP contribution in [0, 0.1) is 0 Å². The molecule has 1 aromatic heterocycles. The first-order valence-electron chi connectivity index (χ1n) is 5.76. The second-order valence-corrected chi connectivity index (χ2v) is 4.95. The van der Waals surface area contributed by atoms with Gasteiger partial charge in [0.15, 0.2) is 0 Å². The Morgan fingerprint density at radius 2 is 2.35 bits per heavy atom. The average Bonchev–Trinajstić information content (AvgIpc) is 2.76. The van der Waals surface area contributed by atoms with E-state index in [1.165, 1.54) is 30.1 Å². The van der Waals surface area contributed by atoms with Crippen molar-refractivity contribution in [1.82, 2.24) is 15.6 Å². The zero-order chi connectivity index (χ0) is 10.5. The summed E-state index contributed by atoms with van der Waals surface area (Å²) in [7, 11) is 0. The highest BCUT2D eigenvalue weighted by Gasteiger charge is 2.12. The van der Waals surface area contributed by atoms with Crippen molar-refractivity contribution in [2.24, 2.45) is 0 Å². The molecule has 0 aromatic carbocycles. The van der Waals surface area contributed by atoms with Crippen LogP contribution in [-0.4, -0.2) is 24.1 Å². The number of nitrogens with one attached hydrogen (secondary N) is 2. The molecule has 1 fully saturated rings. The number of aromatic nitrogens is 1. The van der Waals surface area contributed by atoms with Crippen LogP contribution in [0.25, 0.3) is 0 Å². The third-order valence-electron chi connectivity index (χ3n) is 2.80. The van der Waals surface area contributed by atoms with Gasteiger partial charge in [-0.15, -0.1) is 36.2 Å². The van der Waals surface area contributed by atoms with E-state index in [9.17, 15) is 0 Å². The fraction of sp³-hybridized carbons (Fsp3) is 0.727. The molecule has 17 heavy (non-hydrogen) atoms. The number of aryl methyl sites for hydroxylation is 1. The summed E-state index contributed by atoms with van der Waals surface area (Å²) in [6, 6.07) is 0.632. The van der Waals surface area contributed by atoms with E-state index >= 15 is 0 Å². The van der Waals surface area contributed by atoms with Crippen molar-refractivity contribution in [3.05, 3.63) is 16.1 Å². The van der Waals surface area contributed by atoms with Gasteiger partial charge in [-0.05, 0) is 25.8 Å². The number of piperidine rings is 1. The Hall–Kier alpha value is 0.130. The second kappa shape index (κ2) is 9.11. The van der Waals surface area contributed by atoms with E-state index in [4.69, 9.17) is 0 Å². The van der Waals surface area contributed by atoms with Crippen LogP contribution >= 0.6 is 36.2 Å². The Bertz CT molecular complexity index is 301. The number of nitrogens with zero attached hydrogens (tertiary/aromatic N) is 1. The van der Waals surface area contributed by atoms with Gasteiger partial charge >= 0.3 is 0 Å². The Labute approximate surface area is 120 Å². The normalized spacial score (nSPS) is 19.2. The summed E-state index contributed by atoms with van der Waals surface area (Å²) in [5, 5.41) is 10.4. The van der Waals surface area contributed by atoms with Crippen molar-refractivity contribution < 1.29 is 0 Å². The van der Waals surface area contributed by atoms with E-state index in [1.54, 1.807) is 11.3 Å². The molecule has 100 valence electrons. The van der Waals surface area contributed by atoms with Gasteiger partial charge in [0.2, 0.25) is 0 Å². The molecule has 1 aliphatic heterocycles. The van der Waals surface area contributed by atoms with E-state index in [0.717, 1.165) is 19.5 Å². The summed E-state index contributed by atoms with van der Waals surface area (Å²) in [6.45, 7) is 5.36. The molecule has 2 N–H and O–H groups in total. The summed E-state index contributed by atoms with van der Waals surface area (Å²) in [6.07, 6.45) is 3.62. The lowest BCUT2D eigenvalue weighted by Gasteiger charge is -2.23. The first-order valence-corrected chi connectivity index (χ1v) is 6.64. The highest BCUT2D eigenvalue weighted by atomic mass is 35.5. The molecule has 6 heteroatoms. The predicted molar refractivity (Wildman–Crippen MR) is 78.7 cm³/mol. The topological polar surface area (TPSA) is 37.0 Å². The van der Waals surface area contributed by atoms with Crippen LogP contribution in [0.3, 0.4) is 0 Å². The maximum absolute atomic E-state index is 4.55. The maximum Gasteiger partial charge on any atom is 0.107 e. The van der Waals surface area contributed by atoms with Crippen LogP contribution in [-0.2, 0) is 13.0 Å². The van der Waals surface area contributed by atoms with E-state index in [2.05, 4.69) is 27.9 Å². The van der Waals surface area contributed by atoms with Gasteiger partial charge in [0.1, 0.15) is 5.01 Å². The van der Waals surface area contributed by atoms with E-state index < -0.39 is 0 Å². The van der Waals surface area contributed by atoms with Crippen molar-refractivity contribution in [2.45, 2.75) is 38.8 Å². The van der Waals surface area contributed by atoms with Gasteiger partial charge in [0, 0.05) is 24.5 Å². The molecule has 0 spiro atoms. The smallest absolute Gasteiger partial charge is 0.107 e. The van der Waals surface area contributed by atoms with E-state index in [-0.39, 0.29) is 24.8 Å². The number of halogens is 2. The monoisotopic (exact) mass is 297 g/mol. The van der Waals surface area contributed by atoms with Gasteiger partial charge in [-0.25, -0.2) is 4.98 Å². The Kier molecular flexibility index (Phi) is 9.18. The standard InChI is InChI=1S/C11H19N3S.2ClH/c1-2-9-8-15-11(14-9)7-13-10-4-3-5-12-6-10;;/h8,10,12-13H,2-7H2,1H3;2*1H. The van der Waals surface area contributed by atoms with Gasteiger partial charge in [0.05, 0.1) is 5.69 Å². The molecule has 1 aliphatic rings. The molecular formula is C11H21Cl2N3S. The summed E-state index contributed by atoms with van der Waals surface area (Å²) < 4.78 is 0. The van der Waals surface area contributed by atoms with Gasteiger partial charge in [-0.2, -0.15) is 0 Å². The van der Waals surface area contributed by atoms with Gasteiger partial charge in [0.25, 0.3) is 0 Å². The lowest BCUT2D eigenvalue weighted by atomic mass is 10.1. The molecule has 0 aliphatic carbocycles. The minimum absolute atomic E-state index is 0. The minimum Gasteiger partial charge on any atom is -0.315 e. The zero-order valence-corrected chi connectivity index (χ0v) is 12.5. The van der Waals surface area contributed by atoms with Crippen molar-refractivity contribution in [1.29, 1.82) is 0 Å². The highest BCUT2D eigenvalue weighted by molar-refractivity contribution is 7.09. The zero-order valence-electron chi connectivity index (χ0n) is 10.1. The fourth-order valence-corrected chi connectivity index (χ4v) is 2.68.